The number of rotatable bonds is 19. The molecule has 3 saturated carbocycles. The Bertz CT molecular complexity index is 4350. The number of anilines is 4. The van der Waals surface area contributed by atoms with E-state index in [-0.39, 0.29) is 62.0 Å². The summed E-state index contributed by atoms with van der Waals surface area (Å²) in [5.41, 5.74) is 2.70. The second-order valence-electron chi connectivity index (χ2n) is 24.7. The number of nitrogens with zero attached hydrogens (tertiary/aromatic N) is 2. The molecule has 0 aromatic heterocycles. The molecule has 0 heterocycles. The van der Waals surface area contributed by atoms with Gasteiger partial charge in [0.15, 0.2) is 40.7 Å². The summed E-state index contributed by atoms with van der Waals surface area (Å²) in [6.45, 7) is 1.61. The van der Waals surface area contributed by atoms with Crippen molar-refractivity contribution in [1.82, 2.24) is 0 Å². The van der Waals surface area contributed by atoms with Gasteiger partial charge in [0.1, 0.15) is 29.5 Å². The molecule has 0 radical (unpaired) electrons. The van der Waals surface area contributed by atoms with Gasteiger partial charge in [-0.15, -0.1) is 47.0 Å². The Morgan fingerprint density at radius 2 is 0.783 bits per heavy atom. The third-order valence-electron chi connectivity index (χ3n) is 16.7. The minimum atomic E-state index is -1.63. The number of aliphatic hydroxyl groups excluding tert-OH is 4. The summed E-state index contributed by atoms with van der Waals surface area (Å²) in [5.74, 6) is -10.4. The highest BCUT2D eigenvalue weighted by Gasteiger charge is 2.26. The van der Waals surface area contributed by atoms with Crippen LogP contribution >= 0.6 is 58.6 Å². The molecule has 0 saturated heterocycles. The van der Waals surface area contributed by atoms with Gasteiger partial charge < -0.3 is 46.4 Å². The standard InChI is InChI=1S/C20H18ClFN2O2S.C20H18F2N2O2S.C20H21F2NO3S.C17H15F4NO2S/c21-17-10-14(3-8-18(17)22)24-20(26)12-1-2-13(11-23)19(9-12)27-16-6-4-15(25)5-7-16;21-17-8-3-14(10-18(17)22)24-20(26)12-1-2-13(11-23)19(9-12)27-16-6-4-15(25)5-7-16;1-26-18-9-2-12(10-19(18)27-15-6-4-14(24)5-7-15)20(25)23-13-3-8-16(21)17(22)11-13;1-9(23)4-5-25-15-6-10(2-3-12(15)18)17(24)22-11-7-13(19)16(21)14(20)8-11/h2*1-3,8-10,15-16,25H,4-7H2,(H,24,26);2-3,8-11,14-15,24H,4-7H2,1H3,(H,23,25);2-3,6-9,23H,4-5H2,1H3,(H,22,24). The van der Waals surface area contributed by atoms with Crippen LogP contribution in [0.1, 0.15) is 143 Å². The number of benzene rings is 8. The Labute approximate surface area is 628 Å². The molecule has 29 heteroatoms. The Balaban J connectivity index is 0.000000179. The lowest BCUT2D eigenvalue weighted by molar-refractivity contribution is 0.101. The number of aliphatic hydroxyl groups is 4. The first-order valence-corrected chi connectivity index (χ1v) is 37.3. The first-order chi connectivity index (χ1) is 50.6. The van der Waals surface area contributed by atoms with Gasteiger partial charge in [0.05, 0.1) is 52.6 Å². The zero-order chi connectivity index (χ0) is 76.7. The van der Waals surface area contributed by atoms with Crippen LogP contribution in [0.25, 0.3) is 0 Å². The highest BCUT2D eigenvalue weighted by atomic mass is 35.5. The number of amides is 4. The number of nitrogens with one attached hydrogen (secondary N) is 4. The van der Waals surface area contributed by atoms with E-state index in [9.17, 15) is 89.6 Å². The SMILES string of the molecule is CC(O)CCSc1cc(C(=O)Nc2cc(F)c(F)c(F)c2)ccc1F.COc1ccc(C(=O)Nc2ccc(F)c(F)c2)cc1SC1CCC(O)CC1.N#Cc1ccc(C(=O)Nc2ccc(F)c(Cl)c2)cc1SC1CCC(O)CC1.N#Cc1ccc(C(=O)Nc2ccc(F)c(F)c2)cc1SC1CCC(O)CC1. The molecule has 0 aliphatic heterocycles. The van der Waals surface area contributed by atoms with Crippen LogP contribution in [0.15, 0.2) is 159 Å². The molecule has 15 nitrogen and oxygen atoms in total. The third kappa shape index (κ3) is 25.0. The van der Waals surface area contributed by atoms with E-state index in [1.807, 2.05) is 0 Å². The van der Waals surface area contributed by atoms with Crippen molar-refractivity contribution in [2.45, 2.75) is 150 Å². The lowest BCUT2D eigenvalue weighted by atomic mass is 9.97. The van der Waals surface area contributed by atoms with Gasteiger partial charge in [0.25, 0.3) is 23.6 Å². The number of nitriles is 2. The lowest BCUT2D eigenvalue weighted by Crippen LogP contribution is -2.19. The number of thioether (sulfide) groups is 4. The van der Waals surface area contributed by atoms with E-state index < -0.39 is 76.2 Å². The summed E-state index contributed by atoms with van der Waals surface area (Å²) in [6.07, 6.45) is 8.99. The summed E-state index contributed by atoms with van der Waals surface area (Å²) >= 11 is 11.6. The Hall–Kier alpha value is -8.68. The summed E-state index contributed by atoms with van der Waals surface area (Å²) < 4.78 is 124. The van der Waals surface area contributed by atoms with Gasteiger partial charge in [-0.2, -0.15) is 10.5 Å². The molecule has 3 aliphatic carbocycles. The molecule has 0 bridgehead atoms. The summed E-state index contributed by atoms with van der Waals surface area (Å²) in [6, 6.07) is 34.3. The molecule has 1 unspecified atom stereocenters. The van der Waals surface area contributed by atoms with Crippen molar-refractivity contribution in [3.8, 4) is 17.9 Å². The van der Waals surface area contributed by atoms with E-state index in [1.165, 1.54) is 60.3 Å². The van der Waals surface area contributed by atoms with Gasteiger partial charge in [-0.1, -0.05) is 11.6 Å². The molecule has 8 N–H and O–H groups in total. The molecule has 1 atom stereocenters. The maximum absolute atomic E-state index is 13.8. The molecule has 106 heavy (non-hydrogen) atoms. The molecule has 4 amide bonds. The maximum Gasteiger partial charge on any atom is 0.255 e. The summed E-state index contributed by atoms with van der Waals surface area (Å²) in [5, 5.41) is 67.7. The number of carbonyl (C=O) groups excluding carboxylic acids is 4. The zero-order valence-corrected chi connectivity index (χ0v) is 60.9. The molecule has 8 aromatic carbocycles. The predicted octanol–water partition coefficient (Wildman–Crippen LogP) is 18.5. The van der Waals surface area contributed by atoms with E-state index >= 15 is 0 Å². The number of hydrogen-bond donors (Lipinski definition) is 8. The normalized spacial score (nSPS) is 17.7. The predicted molar refractivity (Wildman–Crippen MR) is 393 cm³/mol. The van der Waals surface area contributed by atoms with Crippen LogP contribution in [0, 0.1) is 75.0 Å². The fraction of sp³-hybridized carbons (Fsp3) is 0.299. The second kappa shape index (κ2) is 40.3. The van der Waals surface area contributed by atoms with Crippen molar-refractivity contribution in [3.63, 3.8) is 0 Å². The minimum Gasteiger partial charge on any atom is -0.496 e. The number of hydrogen-bond acceptors (Lipinski definition) is 15. The average Bonchev–Trinajstić information content (AvgIpc) is 0.841. The molecule has 558 valence electrons. The van der Waals surface area contributed by atoms with Gasteiger partial charge in [-0.3, -0.25) is 19.2 Å². The van der Waals surface area contributed by atoms with Crippen molar-refractivity contribution in [1.29, 1.82) is 10.5 Å². The summed E-state index contributed by atoms with van der Waals surface area (Å²) in [4.78, 5) is 52.1. The van der Waals surface area contributed by atoms with E-state index in [1.54, 1.807) is 86.1 Å². The Morgan fingerprint density at radius 1 is 0.443 bits per heavy atom. The number of halogens is 10. The lowest BCUT2D eigenvalue weighted by Gasteiger charge is -2.25. The van der Waals surface area contributed by atoms with Crippen LogP contribution in [0.3, 0.4) is 0 Å². The number of ether oxygens (including phenoxy) is 1. The molecule has 11 rings (SSSR count). The largest absolute Gasteiger partial charge is 0.496 e. The fourth-order valence-corrected chi connectivity index (χ4v) is 16.1. The van der Waals surface area contributed by atoms with Crippen LogP contribution in [0.5, 0.6) is 5.75 Å². The van der Waals surface area contributed by atoms with E-state index in [0.29, 0.717) is 79.0 Å². The van der Waals surface area contributed by atoms with Gasteiger partial charge in [-0.25, -0.2) is 39.5 Å². The molecule has 0 spiro atoms. The highest BCUT2D eigenvalue weighted by Crippen LogP contribution is 2.41. The smallest absolute Gasteiger partial charge is 0.255 e. The van der Waals surface area contributed by atoms with Crippen molar-refractivity contribution in [3.05, 3.63) is 230 Å². The quantitative estimate of drug-likeness (QED) is 0.0213. The van der Waals surface area contributed by atoms with Crippen molar-refractivity contribution < 1.29 is 83.9 Å². The van der Waals surface area contributed by atoms with E-state index in [0.717, 1.165) is 129 Å². The third-order valence-corrected chi connectivity index (χ3v) is 22.3. The zero-order valence-electron chi connectivity index (χ0n) is 56.9. The fourth-order valence-electron chi connectivity index (χ4n) is 10.9. The average molecular weight is 1560 g/mol. The van der Waals surface area contributed by atoms with Crippen LogP contribution in [-0.4, -0.2) is 97.1 Å². The monoisotopic (exact) mass is 1560 g/mol. The van der Waals surface area contributed by atoms with Crippen molar-refractivity contribution >= 4 is 105 Å². The van der Waals surface area contributed by atoms with Gasteiger partial charge in [0, 0.05) is 105 Å². The van der Waals surface area contributed by atoms with Gasteiger partial charge >= 0.3 is 0 Å². The molecule has 3 fully saturated rings. The Morgan fingerprint density at radius 3 is 1.17 bits per heavy atom. The maximum atomic E-state index is 13.8. The van der Waals surface area contributed by atoms with Crippen molar-refractivity contribution in [2.75, 3.05) is 34.1 Å². The molecular weight excluding hydrogens is 1490 g/mol. The van der Waals surface area contributed by atoms with Crippen molar-refractivity contribution in [2.24, 2.45) is 0 Å². The van der Waals surface area contributed by atoms with Crippen LogP contribution < -0.4 is 26.0 Å². The minimum absolute atomic E-state index is 0.0663. The summed E-state index contributed by atoms with van der Waals surface area (Å²) in [7, 11) is 1.57. The first kappa shape index (κ1) is 83.0. The van der Waals surface area contributed by atoms with Crippen LogP contribution in [0.4, 0.5) is 62.3 Å². The highest BCUT2D eigenvalue weighted by molar-refractivity contribution is 8.00. The first-order valence-electron chi connectivity index (χ1n) is 33.3. The topological polar surface area (TPSA) is 254 Å². The second-order valence-corrected chi connectivity index (χ2v) is 30.3. The van der Waals surface area contributed by atoms with E-state index in [2.05, 4.69) is 33.4 Å². The number of methoxy groups -OCH3 is 1. The van der Waals surface area contributed by atoms with Crippen LogP contribution in [0.2, 0.25) is 5.02 Å². The Kier molecular flexibility index (Phi) is 31.6. The van der Waals surface area contributed by atoms with Crippen LogP contribution in [-0.2, 0) is 0 Å². The number of carbonyl (C=O) groups is 4. The molecule has 8 aromatic rings. The molecular formula is C77H72ClF9N6O9S4. The molecule has 3 aliphatic rings. The van der Waals surface area contributed by atoms with Gasteiger partial charge in [0.2, 0.25) is 0 Å². The van der Waals surface area contributed by atoms with E-state index in [4.69, 9.17) is 16.3 Å². The van der Waals surface area contributed by atoms with Gasteiger partial charge in [-0.05, 0) is 206 Å².